The van der Waals surface area contributed by atoms with Crippen LogP contribution in [-0.4, -0.2) is 36.5 Å². The van der Waals surface area contributed by atoms with Crippen LogP contribution in [0.2, 0.25) is 0 Å². The minimum atomic E-state index is -1.13. The van der Waals surface area contributed by atoms with E-state index in [2.05, 4.69) is 15.5 Å². The molecule has 2 heterocycles. The van der Waals surface area contributed by atoms with E-state index in [4.69, 9.17) is 5.11 Å². The third-order valence-corrected chi connectivity index (χ3v) is 3.55. The first kappa shape index (κ1) is 16.4. The highest BCUT2D eigenvalue weighted by atomic mass is 16.4. The highest BCUT2D eigenvalue weighted by Gasteiger charge is 2.10. The molecule has 1 aromatic carbocycles. The number of aromatic nitrogens is 4. The van der Waals surface area contributed by atoms with Gasteiger partial charge in [0.05, 0.1) is 18.4 Å². The van der Waals surface area contributed by atoms with Crippen LogP contribution >= 0.6 is 0 Å². The fourth-order valence-corrected chi connectivity index (χ4v) is 2.31. The van der Waals surface area contributed by atoms with Crippen molar-refractivity contribution in [3.05, 3.63) is 65.7 Å². The van der Waals surface area contributed by atoms with E-state index in [-0.39, 0.29) is 18.1 Å². The summed E-state index contributed by atoms with van der Waals surface area (Å²) < 4.78 is 3.01. The molecule has 8 nitrogen and oxygen atoms in total. The van der Waals surface area contributed by atoms with E-state index in [0.29, 0.717) is 12.2 Å². The van der Waals surface area contributed by atoms with Gasteiger partial charge >= 0.3 is 5.97 Å². The molecule has 0 saturated heterocycles. The van der Waals surface area contributed by atoms with E-state index in [1.54, 1.807) is 17.1 Å². The molecule has 0 fully saturated rings. The topological polar surface area (TPSA) is 102 Å². The predicted octanol–water partition coefficient (Wildman–Crippen LogP) is 1.77. The molecule has 0 atom stereocenters. The summed E-state index contributed by atoms with van der Waals surface area (Å²) in [6.07, 6.45) is 4.76. The Kier molecular flexibility index (Phi) is 4.60. The van der Waals surface area contributed by atoms with Crippen molar-refractivity contribution in [1.82, 2.24) is 19.6 Å². The van der Waals surface area contributed by atoms with Gasteiger partial charge in [0, 0.05) is 12.4 Å². The molecule has 0 aliphatic heterocycles. The van der Waals surface area contributed by atoms with Gasteiger partial charge in [-0.1, -0.05) is 29.8 Å². The average Bonchev–Trinajstić information content (AvgIpc) is 3.19. The Morgan fingerprint density at radius 1 is 1.16 bits per heavy atom. The largest absolute Gasteiger partial charge is 0.476 e. The van der Waals surface area contributed by atoms with Crippen molar-refractivity contribution in [2.45, 2.75) is 20.0 Å². The zero-order valence-corrected chi connectivity index (χ0v) is 13.6. The molecule has 8 heteroatoms. The Balaban J connectivity index is 1.57. The van der Waals surface area contributed by atoms with Crippen LogP contribution in [0.15, 0.2) is 48.9 Å². The maximum atomic E-state index is 12.0. The third-order valence-electron chi connectivity index (χ3n) is 3.55. The Hall–Kier alpha value is -3.42. The van der Waals surface area contributed by atoms with Gasteiger partial charge in [-0.05, 0) is 18.6 Å². The van der Waals surface area contributed by atoms with Crippen LogP contribution in [0.1, 0.15) is 21.6 Å². The van der Waals surface area contributed by atoms with Crippen molar-refractivity contribution in [2.75, 3.05) is 5.32 Å². The normalized spacial score (nSPS) is 10.6. The molecule has 2 aromatic heterocycles. The number of carboxylic acids is 1. The van der Waals surface area contributed by atoms with Crippen molar-refractivity contribution in [1.29, 1.82) is 0 Å². The number of carbonyl (C=O) groups excluding carboxylic acids is 1. The molecule has 0 radical (unpaired) electrons. The average molecular weight is 339 g/mol. The van der Waals surface area contributed by atoms with Gasteiger partial charge in [0.1, 0.15) is 6.54 Å². The Morgan fingerprint density at radius 3 is 2.60 bits per heavy atom. The van der Waals surface area contributed by atoms with E-state index >= 15 is 0 Å². The molecule has 3 rings (SSSR count). The van der Waals surface area contributed by atoms with E-state index in [1.165, 1.54) is 22.5 Å². The SMILES string of the molecule is Cc1ccc(Cn2cc(NC(=O)Cn3ccc(C(=O)O)n3)cn2)cc1. The highest BCUT2D eigenvalue weighted by Crippen LogP contribution is 2.09. The van der Waals surface area contributed by atoms with Gasteiger partial charge in [0.15, 0.2) is 5.69 Å². The fourth-order valence-electron chi connectivity index (χ4n) is 2.31. The number of hydrogen-bond donors (Lipinski definition) is 2. The number of carbonyl (C=O) groups is 2. The van der Waals surface area contributed by atoms with Gasteiger partial charge in [-0.3, -0.25) is 14.2 Å². The van der Waals surface area contributed by atoms with Gasteiger partial charge in [-0.25, -0.2) is 4.79 Å². The molecule has 25 heavy (non-hydrogen) atoms. The molecule has 128 valence electrons. The van der Waals surface area contributed by atoms with Crippen molar-refractivity contribution in [2.24, 2.45) is 0 Å². The van der Waals surface area contributed by atoms with E-state index < -0.39 is 5.97 Å². The van der Waals surface area contributed by atoms with Gasteiger partial charge in [-0.15, -0.1) is 0 Å². The Morgan fingerprint density at radius 2 is 1.92 bits per heavy atom. The number of aromatic carboxylic acids is 1. The second-order valence-corrected chi connectivity index (χ2v) is 5.66. The number of nitrogens with one attached hydrogen (secondary N) is 1. The van der Waals surface area contributed by atoms with Gasteiger partial charge in [0.25, 0.3) is 0 Å². The van der Waals surface area contributed by atoms with Crippen LogP contribution in [0.3, 0.4) is 0 Å². The zero-order valence-electron chi connectivity index (χ0n) is 13.6. The van der Waals surface area contributed by atoms with Gasteiger partial charge < -0.3 is 10.4 Å². The lowest BCUT2D eigenvalue weighted by molar-refractivity contribution is -0.116. The van der Waals surface area contributed by atoms with Crippen LogP contribution in [0, 0.1) is 6.92 Å². The van der Waals surface area contributed by atoms with Crippen LogP contribution in [0.4, 0.5) is 5.69 Å². The number of carboxylic acid groups (broad SMARTS) is 1. The maximum Gasteiger partial charge on any atom is 0.356 e. The lowest BCUT2D eigenvalue weighted by atomic mass is 10.1. The number of rotatable bonds is 6. The number of benzene rings is 1. The summed E-state index contributed by atoms with van der Waals surface area (Å²) in [6.45, 7) is 2.57. The minimum Gasteiger partial charge on any atom is -0.476 e. The van der Waals surface area contributed by atoms with Crippen LogP contribution < -0.4 is 5.32 Å². The monoisotopic (exact) mass is 339 g/mol. The summed E-state index contributed by atoms with van der Waals surface area (Å²) >= 11 is 0. The smallest absolute Gasteiger partial charge is 0.356 e. The van der Waals surface area contributed by atoms with Crippen molar-refractivity contribution < 1.29 is 14.7 Å². The maximum absolute atomic E-state index is 12.0. The Bertz CT molecular complexity index is 895. The van der Waals surface area contributed by atoms with E-state index in [0.717, 1.165) is 5.56 Å². The second-order valence-electron chi connectivity index (χ2n) is 5.66. The molecule has 0 spiro atoms. The molecule has 2 N–H and O–H groups in total. The number of hydrogen-bond acceptors (Lipinski definition) is 4. The molecule has 0 unspecified atom stereocenters. The highest BCUT2D eigenvalue weighted by molar-refractivity contribution is 5.90. The molecule has 3 aromatic rings. The molecule has 0 aliphatic rings. The van der Waals surface area contributed by atoms with Crippen LogP contribution in [0.5, 0.6) is 0 Å². The van der Waals surface area contributed by atoms with Crippen molar-refractivity contribution in [3.8, 4) is 0 Å². The first-order valence-electron chi connectivity index (χ1n) is 7.64. The number of amides is 1. The molecule has 0 aliphatic carbocycles. The lowest BCUT2D eigenvalue weighted by Crippen LogP contribution is -2.19. The molecular formula is C17H17N5O3. The number of anilines is 1. The third kappa shape index (κ3) is 4.31. The number of aryl methyl sites for hydroxylation is 1. The summed E-state index contributed by atoms with van der Waals surface area (Å²) in [6, 6.07) is 9.49. The van der Waals surface area contributed by atoms with E-state index in [9.17, 15) is 9.59 Å². The Labute approximate surface area is 143 Å². The van der Waals surface area contributed by atoms with Crippen LogP contribution in [-0.2, 0) is 17.9 Å². The first-order chi connectivity index (χ1) is 12.0. The zero-order chi connectivity index (χ0) is 17.8. The molecular weight excluding hydrogens is 322 g/mol. The van der Waals surface area contributed by atoms with Crippen molar-refractivity contribution >= 4 is 17.6 Å². The summed E-state index contributed by atoms with van der Waals surface area (Å²) in [5.41, 5.74) is 2.78. The quantitative estimate of drug-likeness (QED) is 0.712. The van der Waals surface area contributed by atoms with Crippen LogP contribution in [0.25, 0.3) is 0 Å². The molecule has 0 bridgehead atoms. The van der Waals surface area contributed by atoms with Gasteiger partial charge in [0.2, 0.25) is 5.91 Å². The van der Waals surface area contributed by atoms with Crippen molar-refractivity contribution in [3.63, 3.8) is 0 Å². The van der Waals surface area contributed by atoms with E-state index in [1.807, 2.05) is 31.2 Å². The summed E-state index contributed by atoms with van der Waals surface area (Å²) in [5, 5.41) is 19.6. The molecule has 0 saturated carbocycles. The summed E-state index contributed by atoms with van der Waals surface area (Å²) in [7, 11) is 0. The number of nitrogens with zero attached hydrogens (tertiary/aromatic N) is 4. The summed E-state index contributed by atoms with van der Waals surface area (Å²) in [4.78, 5) is 22.8. The first-order valence-corrected chi connectivity index (χ1v) is 7.64. The minimum absolute atomic E-state index is 0.0730. The molecule has 1 amide bonds. The fraction of sp³-hybridized carbons (Fsp3) is 0.176. The lowest BCUT2D eigenvalue weighted by Gasteiger charge is -2.03. The van der Waals surface area contributed by atoms with Gasteiger partial charge in [-0.2, -0.15) is 10.2 Å². The summed E-state index contributed by atoms with van der Waals surface area (Å²) in [5.74, 6) is -1.44. The standard InChI is InChI=1S/C17H17N5O3/c1-12-2-4-13(5-3-12)9-22-10-14(8-18-22)19-16(23)11-21-7-6-15(20-21)17(24)25/h2-8,10H,9,11H2,1H3,(H,19,23)(H,24,25). The second kappa shape index (κ2) is 7.00. The predicted molar refractivity (Wildman–Crippen MR) is 90.3 cm³/mol.